The SMILES string of the molecule is COc1cc(CCC(=O)N(C)[C@@H]2C[C@@H]3CC(=O)N(C)C[C@@H]3C2)ccc1C. The molecular weight excluding hydrogens is 328 g/mol. The molecule has 2 fully saturated rings. The van der Waals surface area contributed by atoms with Crippen LogP contribution in [0.1, 0.15) is 36.8 Å². The van der Waals surface area contributed by atoms with Crippen LogP contribution in [0, 0.1) is 18.8 Å². The van der Waals surface area contributed by atoms with E-state index in [0.717, 1.165) is 42.7 Å². The van der Waals surface area contributed by atoms with Gasteiger partial charge < -0.3 is 14.5 Å². The topological polar surface area (TPSA) is 49.9 Å². The van der Waals surface area contributed by atoms with Gasteiger partial charge in [-0.2, -0.15) is 0 Å². The van der Waals surface area contributed by atoms with Crippen LogP contribution in [0.4, 0.5) is 0 Å². The van der Waals surface area contributed by atoms with Crippen molar-refractivity contribution >= 4 is 11.8 Å². The molecular formula is C21H30N2O3. The van der Waals surface area contributed by atoms with Gasteiger partial charge in [-0.3, -0.25) is 9.59 Å². The predicted octanol–water partition coefficient (Wildman–Crippen LogP) is 2.65. The Morgan fingerprint density at radius 1 is 1.31 bits per heavy atom. The summed E-state index contributed by atoms with van der Waals surface area (Å²) in [6.45, 7) is 2.86. The van der Waals surface area contributed by atoms with Crippen LogP contribution < -0.4 is 4.74 Å². The number of nitrogens with zero attached hydrogens (tertiary/aromatic N) is 2. The summed E-state index contributed by atoms with van der Waals surface area (Å²) < 4.78 is 5.37. The Morgan fingerprint density at radius 2 is 2.04 bits per heavy atom. The second kappa shape index (κ2) is 7.68. The zero-order chi connectivity index (χ0) is 18.8. The first-order chi connectivity index (χ1) is 12.4. The van der Waals surface area contributed by atoms with Crippen LogP contribution in [-0.4, -0.2) is 55.4 Å². The Balaban J connectivity index is 1.54. The summed E-state index contributed by atoms with van der Waals surface area (Å²) in [5.41, 5.74) is 2.23. The lowest BCUT2D eigenvalue weighted by atomic mass is 9.88. The standard InChI is InChI=1S/C21H30N2O3/c1-14-5-6-15(9-19(14)26-4)7-8-20(24)23(3)18-10-16-12-21(25)22(2)13-17(16)11-18/h5-6,9,16-18H,7-8,10-13H2,1-4H3/t16-,17+,18-/m1/s1. The number of hydrogen-bond acceptors (Lipinski definition) is 3. The molecule has 0 N–H and O–H groups in total. The molecule has 1 saturated carbocycles. The smallest absolute Gasteiger partial charge is 0.222 e. The van der Waals surface area contributed by atoms with Gasteiger partial charge in [0.2, 0.25) is 11.8 Å². The molecule has 0 bridgehead atoms. The van der Waals surface area contributed by atoms with E-state index in [-0.39, 0.29) is 17.9 Å². The molecule has 1 aliphatic heterocycles. The molecule has 5 nitrogen and oxygen atoms in total. The number of likely N-dealkylation sites (tertiary alicyclic amines) is 1. The largest absolute Gasteiger partial charge is 0.496 e. The van der Waals surface area contributed by atoms with Gasteiger partial charge in [0.15, 0.2) is 0 Å². The Morgan fingerprint density at radius 3 is 2.77 bits per heavy atom. The van der Waals surface area contributed by atoms with Crippen molar-refractivity contribution in [2.45, 2.75) is 45.1 Å². The first-order valence-corrected chi connectivity index (χ1v) is 9.52. The number of rotatable bonds is 5. The van der Waals surface area contributed by atoms with E-state index in [1.807, 2.05) is 43.0 Å². The zero-order valence-electron chi connectivity index (χ0n) is 16.3. The summed E-state index contributed by atoms with van der Waals surface area (Å²) in [6.07, 6.45) is 3.85. The lowest BCUT2D eigenvalue weighted by molar-refractivity contribution is -0.135. The van der Waals surface area contributed by atoms with Gasteiger partial charge in [-0.15, -0.1) is 0 Å². The highest BCUT2D eigenvalue weighted by Gasteiger charge is 2.42. The first kappa shape index (κ1) is 18.7. The lowest BCUT2D eigenvalue weighted by Crippen LogP contribution is -2.39. The molecule has 1 saturated heterocycles. The molecule has 142 valence electrons. The van der Waals surface area contributed by atoms with Crippen LogP contribution in [-0.2, 0) is 16.0 Å². The van der Waals surface area contributed by atoms with E-state index in [1.54, 1.807) is 7.11 Å². The average Bonchev–Trinajstić information content (AvgIpc) is 3.03. The van der Waals surface area contributed by atoms with E-state index < -0.39 is 0 Å². The average molecular weight is 358 g/mol. The fraction of sp³-hybridized carbons (Fsp3) is 0.619. The van der Waals surface area contributed by atoms with Crippen LogP contribution >= 0.6 is 0 Å². The maximum atomic E-state index is 12.7. The summed E-state index contributed by atoms with van der Waals surface area (Å²) in [4.78, 5) is 28.4. The lowest BCUT2D eigenvalue weighted by Gasteiger charge is -2.31. The van der Waals surface area contributed by atoms with Gasteiger partial charge in [0, 0.05) is 39.5 Å². The molecule has 0 radical (unpaired) electrons. The molecule has 1 heterocycles. The quantitative estimate of drug-likeness (QED) is 0.813. The van der Waals surface area contributed by atoms with Crippen LogP contribution in [0.15, 0.2) is 18.2 Å². The Kier molecular flexibility index (Phi) is 5.54. The summed E-state index contributed by atoms with van der Waals surface area (Å²) in [5.74, 6) is 2.29. The van der Waals surface area contributed by atoms with Crippen molar-refractivity contribution < 1.29 is 14.3 Å². The second-order valence-corrected chi connectivity index (χ2v) is 7.93. The number of carbonyl (C=O) groups excluding carboxylic acids is 2. The van der Waals surface area contributed by atoms with Gasteiger partial charge in [0.25, 0.3) is 0 Å². The number of piperidine rings is 1. The number of carbonyl (C=O) groups is 2. The zero-order valence-corrected chi connectivity index (χ0v) is 16.3. The monoisotopic (exact) mass is 358 g/mol. The van der Waals surface area contributed by atoms with Crippen molar-refractivity contribution in [2.24, 2.45) is 11.8 Å². The molecule has 0 unspecified atom stereocenters. The van der Waals surface area contributed by atoms with E-state index in [9.17, 15) is 9.59 Å². The van der Waals surface area contributed by atoms with E-state index in [4.69, 9.17) is 4.74 Å². The molecule has 2 amide bonds. The molecule has 3 atom stereocenters. The summed E-state index contributed by atoms with van der Waals surface area (Å²) in [6, 6.07) is 6.40. The number of benzene rings is 1. The van der Waals surface area contributed by atoms with Crippen LogP contribution in [0.3, 0.4) is 0 Å². The number of fused-ring (bicyclic) bond motifs is 1. The van der Waals surface area contributed by atoms with E-state index in [2.05, 4.69) is 6.07 Å². The summed E-state index contributed by atoms with van der Waals surface area (Å²) >= 11 is 0. The molecule has 1 aromatic carbocycles. The molecule has 1 aromatic rings. The number of ether oxygens (including phenoxy) is 1. The van der Waals surface area contributed by atoms with Crippen LogP contribution in [0.2, 0.25) is 0 Å². The third-order valence-corrected chi connectivity index (χ3v) is 6.23. The molecule has 3 rings (SSSR count). The van der Waals surface area contributed by atoms with Crippen molar-refractivity contribution in [1.29, 1.82) is 0 Å². The second-order valence-electron chi connectivity index (χ2n) is 7.93. The first-order valence-electron chi connectivity index (χ1n) is 9.52. The maximum Gasteiger partial charge on any atom is 0.222 e. The molecule has 0 spiro atoms. The van der Waals surface area contributed by atoms with Gasteiger partial charge in [-0.25, -0.2) is 0 Å². The van der Waals surface area contributed by atoms with E-state index in [1.165, 1.54) is 0 Å². The highest BCUT2D eigenvalue weighted by molar-refractivity contribution is 5.78. The Labute approximate surface area is 156 Å². The minimum absolute atomic E-state index is 0.188. The van der Waals surface area contributed by atoms with Crippen LogP contribution in [0.25, 0.3) is 0 Å². The van der Waals surface area contributed by atoms with Crippen molar-refractivity contribution in [1.82, 2.24) is 9.80 Å². The molecule has 2 aliphatic rings. The van der Waals surface area contributed by atoms with Gasteiger partial charge in [0.05, 0.1) is 7.11 Å². The minimum atomic E-state index is 0.188. The van der Waals surface area contributed by atoms with Gasteiger partial charge in [-0.05, 0) is 55.2 Å². The van der Waals surface area contributed by atoms with Crippen LogP contribution in [0.5, 0.6) is 5.75 Å². The number of hydrogen-bond donors (Lipinski definition) is 0. The Bertz CT molecular complexity index is 688. The highest BCUT2D eigenvalue weighted by atomic mass is 16.5. The van der Waals surface area contributed by atoms with Gasteiger partial charge in [0.1, 0.15) is 5.75 Å². The summed E-state index contributed by atoms with van der Waals surface area (Å²) in [7, 11) is 5.48. The third-order valence-electron chi connectivity index (χ3n) is 6.23. The number of methoxy groups -OCH3 is 1. The molecule has 0 aromatic heterocycles. The fourth-order valence-corrected chi connectivity index (χ4v) is 4.45. The fourth-order valence-electron chi connectivity index (χ4n) is 4.45. The molecule has 5 heteroatoms. The maximum absolute atomic E-state index is 12.7. The van der Waals surface area contributed by atoms with E-state index in [0.29, 0.717) is 24.7 Å². The third kappa shape index (κ3) is 3.87. The van der Waals surface area contributed by atoms with E-state index >= 15 is 0 Å². The van der Waals surface area contributed by atoms with Crippen molar-refractivity contribution in [2.75, 3.05) is 27.7 Å². The van der Waals surface area contributed by atoms with Crippen molar-refractivity contribution in [3.63, 3.8) is 0 Å². The Hall–Kier alpha value is -2.04. The molecule has 26 heavy (non-hydrogen) atoms. The minimum Gasteiger partial charge on any atom is -0.496 e. The van der Waals surface area contributed by atoms with Gasteiger partial charge in [-0.1, -0.05) is 12.1 Å². The molecule has 1 aliphatic carbocycles. The number of aryl methyl sites for hydroxylation is 2. The van der Waals surface area contributed by atoms with Crippen molar-refractivity contribution in [3.8, 4) is 5.75 Å². The highest BCUT2D eigenvalue weighted by Crippen LogP contribution is 2.40. The van der Waals surface area contributed by atoms with Crippen molar-refractivity contribution in [3.05, 3.63) is 29.3 Å². The summed E-state index contributed by atoms with van der Waals surface area (Å²) in [5, 5.41) is 0. The number of amides is 2. The predicted molar refractivity (Wildman–Crippen MR) is 101 cm³/mol. The van der Waals surface area contributed by atoms with Gasteiger partial charge >= 0.3 is 0 Å². The normalized spacial score (nSPS) is 25.2.